The Balaban J connectivity index is 1.48. The second-order valence-corrected chi connectivity index (χ2v) is 9.64. The molecule has 2 aromatic rings. The van der Waals surface area contributed by atoms with Gasteiger partial charge in [0.25, 0.3) is 0 Å². The summed E-state index contributed by atoms with van der Waals surface area (Å²) in [6.45, 7) is 8.04. The summed E-state index contributed by atoms with van der Waals surface area (Å²) in [5, 5.41) is 7.21. The SMILES string of the molecule is CCOC(=O)C1=C(COCCN2CCN(c3n[nH]c(N)n3)CC2)N=C(C)C(C(=O)OC)C1c1ccccc1Cl. The van der Waals surface area contributed by atoms with Gasteiger partial charge < -0.3 is 24.8 Å². The molecule has 0 saturated carbocycles. The number of piperazine rings is 1. The van der Waals surface area contributed by atoms with Crippen LogP contribution in [0.2, 0.25) is 5.02 Å². The number of carbonyl (C=O) groups excluding carboxylic acids is 2. The normalized spacial score (nSPS) is 20.1. The van der Waals surface area contributed by atoms with Gasteiger partial charge >= 0.3 is 11.9 Å². The highest BCUT2D eigenvalue weighted by atomic mass is 35.5. The molecule has 0 bridgehead atoms. The Bertz CT molecular complexity index is 1240. The van der Waals surface area contributed by atoms with Crippen molar-refractivity contribution in [3.05, 3.63) is 46.1 Å². The Hall–Kier alpha value is -3.48. The highest BCUT2D eigenvalue weighted by Crippen LogP contribution is 2.42. The second kappa shape index (κ2) is 13.0. The van der Waals surface area contributed by atoms with Crippen LogP contribution in [-0.4, -0.2) is 97.4 Å². The molecular weight excluding hydrogens is 526 g/mol. The molecule has 1 aromatic heterocycles. The van der Waals surface area contributed by atoms with E-state index in [9.17, 15) is 9.59 Å². The first-order valence-electron chi connectivity index (χ1n) is 12.8. The van der Waals surface area contributed by atoms with Crippen LogP contribution in [0.25, 0.3) is 0 Å². The number of hydrogen-bond acceptors (Lipinski definition) is 11. The van der Waals surface area contributed by atoms with E-state index in [1.807, 2.05) is 6.07 Å². The highest BCUT2D eigenvalue weighted by Gasteiger charge is 2.43. The van der Waals surface area contributed by atoms with Crippen LogP contribution in [0.15, 0.2) is 40.5 Å². The van der Waals surface area contributed by atoms with E-state index in [0.717, 1.165) is 26.2 Å². The third-order valence-corrected chi connectivity index (χ3v) is 7.19. The Labute approximate surface area is 232 Å². The number of aromatic amines is 1. The first kappa shape index (κ1) is 28.5. The largest absolute Gasteiger partial charge is 0.468 e. The minimum absolute atomic E-state index is 0.0801. The van der Waals surface area contributed by atoms with Crippen molar-refractivity contribution in [2.75, 3.05) is 70.3 Å². The summed E-state index contributed by atoms with van der Waals surface area (Å²) in [7, 11) is 1.31. The maximum Gasteiger partial charge on any atom is 0.336 e. The van der Waals surface area contributed by atoms with Gasteiger partial charge in [-0.3, -0.25) is 14.7 Å². The van der Waals surface area contributed by atoms with Crippen molar-refractivity contribution in [1.29, 1.82) is 0 Å². The number of nitrogen functional groups attached to an aromatic ring is 1. The smallest absolute Gasteiger partial charge is 0.336 e. The average molecular weight is 560 g/mol. The van der Waals surface area contributed by atoms with Gasteiger partial charge in [-0.25, -0.2) is 9.89 Å². The zero-order valence-electron chi connectivity index (χ0n) is 22.4. The van der Waals surface area contributed by atoms with Gasteiger partial charge in [-0.1, -0.05) is 29.8 Å². The summed E-state index contributed by atoms with van der Waals surface area (Å²) in [5.41, 5.74) is 7.44. The van der Waals surface area contributed by atoms with Gasteiger partial charge in [0.15, 0.2) is 0 Å². The zero-order valence-corrected chi connectivity index (χ0v) is 23.1. The van der Waals surface area contributed by atoms with E-state index in [2.05, 4.69) is 30.0 Å². The molecule has 39 heavy (non-hydrogen) atoms. The standard InChI is InChI=1S/C26H34ClN7O5/c1-4-39-24(36)22-19(15-38-14-13-33-9-11-34(12-10-33)26-30-25(28)31-32-26)29-16(2)20(23(35)37-3)21(22)17-7-5-6-8-18(17)27/h5-8,20-21H,4,9-15H2,1-3H3,(H3,28,30,31,32). The third-order valence-electron chi connectivity index (χ3n) is 6.84. The Morgan fingerprint density at radius 2 is 1.95 bits per heavy atom. The topological polar surface area (TPSA) is 148 Å². The summed E-state index contributed by atoms with van der Waals surface area (Å²) in [6.07, 6.45) is 0. The van der Waals surface area contributed by atoms with E-state index >= 15 is 0 Å². The van der Waals surface area contributed by atoms with Crippen LogP contribution in [0.1, 0.15) is 25.3 Å². The fourth-order valence-electron chi connectivity index (χ4n) is 4.93. The number of hydrogen-bond donors (Lipinski definition) is 2. The van der Waals surface area contributed by atoms with Crippen molar-refractivity contribution in [3.63, 3.8) is 0 Å². The first-order chi connectivity index (χ1) is 18.8. The van der Waals surface area contributed by atoms with Crippen molar-refractivity contribution in [2.45, 2.75) is 19.8 Å². The molecule has 0 amide bonds. The lowest BCUT2D eigenvalue weighted by Crippen LogP contribution is -2.47. The molecule has 0 radical (unpaired) electrons. The van der Waals surface area contributed by atoms with Crippen LogP contribution in [0.4, 0.5) is 11.9 Å². The number of aliphatic imine (C=N–C) groups is 1. The molecule has 2 aliphatic rings. The average Bonchev–Trinajstić information content (AvgIpc) is 3.37. The lowest BCUT2D eigenvalue weighted by molar-refractivity contribution is -0.144. The number of nitrogens with one attached hydrogen (secondary N) is 1. The lowest BCUT2D eigenvalue weighted by atomic mass is 9.75. The third kappa shape index (κ3) is 6.57. The number of benzene rings is 1. The van der Waals surface area contributed by atoms with E-state index in [-0.39, 0.29) is 18.8 Å². The molecule has 1 aromatic carbocycles. The van der Waals surface area contributed by atoms with Gasteiger partial charge in [-0.05, 0) is 25.5 Å². The Morgan fingerprint density at radius 1 is 1.21 bits per heavy atom. The molecule has 2 aliphatic heterocycles. The quantitative estimate of drug-likeness (QED) is 0.327. The maximum absolute atomic E-state index is 13.3. The number of carbonyl (C=O) groups is 2. The molecule has 4 rings (SSSR count). The van der Waals surface area contributed by atoms with E-state index in [1.165, 1.54) is 7.11 Å². The lowest BCUT2D eigenvalue weighted by Gasteiger charge is -2.34. The molecule has 2 atom stereocenters. The van der Waals surface area contributed by atoms with Gasteiger partial charge in [-0.15, -0.1) is 5.10 Å². The number of esters is 2. The summed E-state index contributed by atoms with van der Waals surface area (Å²) in [5.74, 6) is -1.71. The molecule has 12 nitrogen and oxygen atoms in total. The molecule has 13 heteroatoms. The number of anilines is 2. The van der Waals surface area contributed by atoms with Crippen LogP contribution in [0.5, 0.6) is 0 Å². The van der Waals surface area contributed by atoms with Crippen molar-refractivity contribution < 1.29 is 23.8 Å². The Morgan fingerprint density at radius 3 is 2.59 bits per heavy atom. The number of nitrogens with two attached hydrogens (primary N) is 1. The van der Waals surface area contributed by atoms with Gasteiger partial charge in [0.2, 0.25) is 11.9 Å². The zero-order chi connectivity index (χ0) is 27.9. The van der Waals surface area contributed by atoms with Crippen LogP contribution in [0, 0.1) is 5.92 Å². The van der Waals surface area contributed by atoms with Crippen LogP contribution >= 0.6 is 11.6 Å². The first-order valence-corrected chi connectivity index (χ1v) is 13.2. The number of methoxy groups -OCH3 is 1. The van der Waals surface area contributed by atoms with E-state index < -0.39 is 23.8 Å². The molecular formula is C26H34ClN7O5. The minimum Gasteiger partial charge on any atom is -0.468 e. The van der Waals surface area contributed by atoms with Gasteiger partial charge in [-0.2, -0.15) is 4.98 Å². The van der Waals surface area contributed by atoms with E-state index in [4.69, 9.17) is 31.5 Å². The highest BCUT2D eigenvalue weighted by molar-refractivity contribution is 6.31. The monoisotopic (exact) mass is 559 g/mol. The van der Waals surface area contributed by atoms with Crippen LogP contribution in [-0.2, 0) is 23.8 Å². The molecule has 0 spiro atoms. The van der Waals surface area contributed by atoms with Crippen molar-refractivity contribution in [2.24, 2.45) is 10.9 Å². The minimum atomic E-state index is -0.825. The molecule has 1 saturated heterocycles. The number of aromatic nitrogens is 3. The van der Waals surface area contributed by atoms with E-state index in [1.54, 1.807) is 32.0 Å². The maximum atomic E-state index is 13.3. The number of ether oxygens (including phenoxy) is 3. The molecule has 210 valence electrons. The molecule has 1 fully saturated rings. The Kier molecular flexibility index (Phi) is 9.54. The van der Waals surface area contributed by atoms with Crippen molar-refractivity contribution in [1.82, 2.24) is 20.1 Å². The van der Waals surface area contributed by atoms with Crippen molar-refractivity contribution >= 4 is 41.1 Å². The van der Waals surface area contributed by atoms with Crippen LogP contribution in [0.3, 0.4) is 0 Å². The summed E-state index contributed by atoms with van der Waals surface area (Å²) < 4.78 is 16.5. The number of rotatable bonds is 10. The predicted octanol–water partition coefficient (Wildman–Crippen LogP) is 2.04. The molecule has 3 heterocycles. The fraction of sp³-hybridized carbons (Fsp3) is 0.500. The molecule has 0 aliphatic carbocycles. The van der Waals surface area contributed by atoms with E-state index in [0.29, 0.717) is 47.0 Å². The summed E-state index contributed by atoms with van der Waals surface area (Å²) in [4.78, 5) is 39.3. The molecule has 2 unspecified atom stereocenters. The van der Waals surface area contributed by atoms with Crippen molar-refractivity contribution in [3.8, 4) is 0 Å². The van der Waals surface area contributed by atoms with Gasteiger partial charge in [0.05, 0.1) is 38.2 Å². The van der Waals surface area contributed by atoms with Gasteiger partial charge in [0.1, 0.15) is 5.92 Å². The van der Waals surface area contributed by atoms with Gasteiger partial charge in [0, 0.05) is 49.4 Å². The van der Waals surface area contributed by atoms with Crippen LogP contribution < -0.4 is 10.6 Å². The molecule has 3 N–H and O–H groups in total. The summed E-state index contributed by atoms with van der Waals surface area (Å²) >= 11 is 6.55. The second-order valence-electron chi connectivity index (χ2n) is 9.24. The number of nitrogens with zero attached hydrogens (tertiary/aromatic N) is 5. The number of H-pyrrole nitrogens is 1. The number of halogens is 1. The summed E-state index contributed by atoms with van der Waals surface area (Å²) in [6, 6.07) is 7.13. The fourth-order valence-corrected chi connectivity index (χ4v) is 5.18. The predicted molar refractivity (Wildman–Crippen MR) is 147 cm³/mol.